The molecule has 1 heterocycles. The normalized spacial score (nSPS) is 12.9. The number of aromatic nitrogens is 2. The summed E-state index contributed by atoms with van der Waals surface area (Å²) in [5, 5.41) is 4.34. The second-order valence-corrected chi connectivity index (χ2v) is 7.42. The molecule has 0 aliphatic heterocycles. The van der Waals surface area contributed by atoms with E-state index in [4.69, 9.17) is 34.8 Å². The van der Waals surface area contributed by atoms with Crippen LogP contribution in [0.2, 0.25) is 0 Å². The second-order valence-electron chi connectivity index (χ2n) is 3.32. The van der Waals surface area contributed by atoms with Crippen LogP contribution in [0, 0.1) is 0 Å². The third-order valence-corrected chi connectivity index (χ3v) is 3.22. The first-order valence-electron chi connectivity index (χ1n) is 4.64. The first-order valence-corrected chi connectivity index (χ1v) is 6.54. The molecule has 0 amide bonds. The Balaban J connectivity index is 2.32. The summed E-state index contributed by atoms with van der Waals surface area (Å²) in [5.74, 6) is -0.335. The Morgan fingerprint density at radius 2 is 1.89 bits per heavy atom. The quantitative estimate of drug-likeness (QED) is 0.730. The van der Waals surface area contributed by atoms with Gasteiger partial charge in [0, 0.05) is 17.3 Å². The average molecular weight is 352 g/mol. The maximum absolute atomic E-state index is 12.1. The third-order valence-electron chi connectivity index (χ3n) is 1.93. The number of hydrogen-bond donors (Lipinski definition) is 0. The largest absolute Gasteiger partial charge is 0.573 e. The Kier molecular flexibility index (Phi) is 4.02. The first-order chi connectivity index (χ1) is 8.64. The van der Waals surface area contributed by atoms with Crippen LogP contribution in [0.15, 0.2) is 24.4 Å². The van der Waals surface area contributed by atoms with Gasteiger partial charge < -0.3 is 4.74 Å². The molecule has 2 aromatic rings. The summed E-state index contributed by atoms with van der Waals surface area (Å²) in [4.78, 5) is 0. The van der Waals surface area contributed by atoms with E-state index in [1.54, 1.807) is 0 Å². The van der Waals surface area contributed by atoms with E-state index in [-0.39, 0.29) is 5.75 Å². The van der Waals surface area contributed by atoms with Crippen molar-refractivity contribution in [2.45, 2.75) is 9.49 Å². The first kappa shape index (κ1) is 14.9. The lowest BCUT2D eigenvalue weighted by Crippen LogP contribution is -2.16. The molecule has 0 aliphatic carbocycles. The lowest BCUT2D eigenvalue weighted by molar-refractivity contribution is -0.274. The Morgan fingerprint density at radius 3 is 2.47 bits per heavy atom. The van der Waals surface area contributed by atoms with Crippen molar-refractivity contribution in [3.63, 3.8) is 0 Å². The highest BCUT2D eigenvalue weighted by atomic mass is 35.6. The van der Waals surface area contributed by atoms with Gasteiger partial charge in [-0.25, -0.2) is 4.09 Å². The zero-order valence-corrected chi connectivity index (χ0v) is 11.9. The maximum atomic E-state index is 12.1. The number of alkyl halides is 6. The molecule has 1 aromatic heterocycles. The highest BCUT2D eigenvalue weighted by molar-refractivity contribution is 8.03. The van der Waals surface area contributed by atoms with Gasteiger partial charge in [0.05, 0.1) is 11.7 Å². The van der Waals surface area contributed by atoms with Gasteiger partial charge in [0.25, 0.3) is 3.12 Å². The summed E-state index contributed by atoms with van der Waals surface area (Å²) in [7, 11) is 0. The zero-order chi connectivity index (χ0) is 14.3. The molecule has 0 bridgehead atoms. The van der Waals surface area contributed by atoms with E-state index in [1.807, 2.05) is 0 Å². The van der Waals surface area contributed by atoms with Gasteiger partial charge in [-0.1, -0.05) is 34.8 Å². The number of halogens is 6. The zero-order valence-electron chi connectivity index (χ0n) is 8.79. The van der Waals surface area contributed by atoms with Crippen LogP contribution in [0.4, 0.5) is 13.2 Å². The van der Waals surface area contributed by atoms with Crippen molar-refractivity contribution in [3.8, 4) is 5.75 Å². The summed E-state index contributed by atoms with van der Waals surface area (Å²) in [6.07, 6.45) is -3.39. The van der Waals surface area contributed by atoms with Gasteiger partial charge in [-0.05, 0) is 18.2 Å². The van der Waals surface area contributed by atoms with E-state index in [0.29, 0.717) is 10.9 Å². The molecule has 10 heteroatoms. The minimum atomic E-state index is -4.74. The minimum absolute atomic E-state index is 0.335. The molecule has 3 nitrogen and oxygen atoms in total. The van der Waals surface area contributed by atoms with Crippen molar-refractivity contribution in [1.29, 1.82) is 0 Å². The van der Waals surface area contributed by atoms with Gasteiger partial charge >= 0.3 is 6.36 Å². The van der Waals surface area contributed by atoms with Crippen molar-refractivity contribution in [1.82, 2.24) is 9.19 Å². The molecular formula is C9H4Cl3F3N2OS. The summed E-state index contributed by atoms with van der Waals surface area (Å²) < 4.78 is 39.7. The summed E-state index contributed by atoms with van der Waals surface area (Å²) in [6.45, 7) is 0. The van der Waals surface area contributed by atoms with Crippen LogP contribution in [0.3, 0.4) is 0 Å². The van der Waals surface area contributed by atoms with Gasteiger partial charge in [0.1, 0.15) is 5.75 Å². The standard InChI is InChI=1S/C9H4Cl3F3N2OS/c10-8(11,12)19-17-7-2-1-6(18-9(13,14)15)3-5(7)4-16-17/h1-4H. The summed E-state index contributed by atoms with van der Waals surface area (Å²) in [5.41, 5.74) is 0.505. The highest BCUT2D eigenvalue weighted by Gasteiger charge is 2.31. The van der Waals surface area contributed by atoms with Crippen LogP contribution in [0.5, 0.6) is 5.75 Å². The highest BCUT2D eigenvalue weighted by Crippen LogP contribution is 2.40. The number of benzene rings is 1. The molecule has 0 N–H and O–H groups in total. The fourth-order valence-corrected chi connectivity index (χ4v) is 2.50. The summed E-state index contributed by atoms with van der Waals surface area (Å²) in [6, 6.07) is 3.75. The van der Waals surface area contributed by atoms with Crippen LogP contribution in [-0.2, 0) is 0 Å². The molecule has 1 aromatic carbocycles. The van der Waals surface area contributed by atoms with E-state index < -0.39 is 9.49 Å². The summed E-state index contributed by atoms with van der Waals surface area (Å²) >= 11 is 17.6. The second kappa shape index (κ2) is 5.12. The Hall–Kier alpha value is -0.500. The monoisotopic (exact) mass is 350 g/mol. The van der Waals surface area contributed by atoms with Crippen LogP contribution in [0.25, 0.3) is 10.9 Å². The molecule has 0 aliphatic rings. The van der Waals surface area contributed by atoms with Crippen LogP contribution < -0.4 is 4.74 Å². The van der Waals surface area contributed by atoms with Crippen LogP contribution in [0.1, 0.15) is 0 Å². The number of nitrogens with zero attached hydrogens (tertiary/aromatic N) is 2. The van der Waals surface area contributed by atoms with Crippen molar-refractivity contribution in [3.05, 3.63) is 24.4 Å². The molecule has 0 unspecified atom stereocenters. The Morgan fingerprint density at radius 1 is 1.21 bits per heavy atom. The van der Waals surface area contributed by atoms with Gasteiger partial charge in [0.2, 0.25) is 0 Å². The van der Waals surface area contributed by atoms with Crippen LogP contribution in [-0.4, -0.2) is 18.7 Å². The molecule has 0 fully saturated rings. The Labute approximate surface area is 124 Å². The van der Waals surface area contributed by atoms with E-state index >= 15 is 0 Å². The maximum Gasteiger partial charge on any atom is 0.573 e. The number of rotatable bonds is 2. The van der Waals surface area contributed by atoms with Crippen LogP contribution >= 0.6 is 46.8 Å². The fraction of sp³-hybridized carbons (Fsp3) is 0.222. The Bertz CT molecular complexity index is 596. The number of ether oxygens (including phenoxy) is 1. The molecular weight excluding hydrogens is 348 g/mol. The van der Waals surface area contributed by atoms with E-state index in [1.165, 1.54) is 22.4 Å². The average Bonchev–Trinajstić information content (AvgIpc) is 2.56. The lowest BCUT2D eigenvalue weighted by atomic mass is 10.2. The van der Waals surface area contributed by atoms with Crippen molar-refractivity contribution >= 4 is 57.7 Å². The third kappa shape index (κ3) is 4.24. The molecule has 0 saturated carbocycles. The molecule has 2 rings (SSSR count). The number of hydrogen-bond acceptors (Lipinski definition) is 3. The fourth-order valence-electron chi connectivity index (χ4n) is 1.35. The predicted molar refractivity (Wildman–Crippen MR) is 69.7 cm³/mol. The van der Waals surface area contributed by atoms with Crippen molar-refractivity contribution in [2.75, 3.05) is 0 Å². The molecule has 0 spiro atoms. The van der Waals surface area contributed by atoms with E-state index in [9.17, 15) is 13.2 Å². The predicted octanol–water partition coefficient (Wildman–Crippen LogP) is 4.76. The molecule has 19 heavy (non-hydrogen) atoms. The van der Waals surface area contributed by atoms with Crippen molar-refractivity contribution in [2.24, 2.45) is 0 Å². The van der Waals surface area contributed by atoms with E-state index in [0.717, 1.165) is 18.0 Å². The van der Waals surface area contributed by atoms with E-state index in [2.05, 4.69) is 9.84 Å². The topological polar surface area (TPSA) is 27.1 Å². The molecule has 0 saturated heterocycles. The van der Waals surface area contributed by atoms with Gasteiger partial charge in [-0.15, -0.1) is 13.2 Å². The molecule has 104 valence electrons. The van der Waals surface area contributed by atoms with Crippen molar-refractivity contribution < 1.29 is 17.9 Å². The van der Waals surface area contributed by atoms with Gasteiger partial charge in [-0.2, -0.15) is 5.10 Å². The SMILES string of the molecule is FC(F)(F)Oc1ccc2c(cnn2SC(Cl)(Cl)Cl)c1. The molecule has 0 atom stereocenters. The lowest BCUT2D eigenvalue weighted by Gasteiger charge is -2.11. The van der Waals surface area contributed by atoms with Gasteiger partial charge in [0.15, 0.2) is 0 Å². The number of fused-ring (bicyclic) bond motifs is 1. The molecule has 0 radical (unpaired) electrons. The minimum Gasteiger partial charge on any atom is -0.406 e. The van der Waals surface area contributed by atoms with Gasteiger partial charge in [-0.3, -0.25) is 0 Å². The smallest absolute Gasteiger partial charge is 0.406 e.